The van der Waals surface area contributed by atoms with E-state index in [2.05, 4.69) is 0 Å². The molecule has 0 aliphatic carbocycles. The van der Waals surface area contributed by atoms with E-state index in [9.17, 15) is 8.42 Å². The summed E-state index contributed by atoms with van der Waals surface area (Å²) in [6.45, 7) is 0.889. The van der Waals surface area contributed by atoms with Gasteiger partial charge in [-0.25, -0.2) is 8.42 Å². The number of rotatable bonds is 7. The predicted molar refractivity (Wildman–Crippen MR) is 74.6 cm³/mol. The number of hydrogen-bond donors (Lipinski definition) is 0. The van der Waals surface area contributed by atoms with Crippen LogP contribution < -0.4 is 0 Å². The van der Waals surface area contributed by atoms with Gasteiger partial charge in [-0.2, -0.15) is 4.31 Å². The molecule has 0 aliphatic rings. The highest BCUT2D eigenvalue weighted by atomic mass is 32.2. The standard InChI is InChI=1S/C14H17NO4S/c1-18-10-8-15(11-13-7-9-19-12-13)20(16,17)14-5-3-2-4-6-14/h2-7,9,12H,8,10-11H2,1H3. The molecule has 0 saturated heterocycles. The summed E-state index contributed by atoms with van der Waals surface area (Å²) < 4.78 is 36.6. The van der Waals surface area contributed by atoms with E-state index in [-0.39, 0.29) is 11.4 Å². The highest BCUT2D eigenvalue weighted by Crippen LogP contribution is 2.18. The van der Waals surface area contributed by atoms with Gasteiger partial charge in [-0.15, -0.1) is 0 Å². The van der Waals surface area contributed by atoms with Crippen LogP contribution in [0.5, 0.6) is 0 Å². The monoisotopic (exact) mass is 295 g/mol. The zero-order chi connectivity index (χ0) is 14.4. The Bertz CT molecular complexity index is 608. The van der Waals surface area contributed by atoms with Crippen molar-refractivity contribution in [3.05, 3.63) is 54.5 Å². The first-order valence-corrected chi connectivity index (χ1v) is 7.64. The fraction of sp³-hybridized carbons (Fsp3) is 0.286. The average Bonchev–Trinajstić information content (AvgIpc) is 2.97. The van der Waals surface area contributed by atoms with E-state index in [0.29, 0.717) is 13.2 Å². The molecule has 1 aromatic carbocycles. The minimum absolute atomic E-state index is 0.261. The van der Waals surface area contributed by atoms with Crippen molar-refractivity contribution in [1.29, 1.82) is 0 Å². The summed E-state index contributed by atoms with van der Waals surface area (Å²) in [6, 6.07) is 10.1. The molecule has 0 aliphatic heterocycles. The molecule has 108 valence electrons. The number of hydrogen-bond acceptors (Lipinski definition) is 4. The van der Waals surface area contributed by atoms with E-state index < -0.39 is 10.0 Å². The summed E-state index contributed by atoms with van der Waals surface area (Å²) in [5, 5.41) is 0. The summed E-state index contributed by atoms with van der Waals surface area (Å²) >= 11 is 0. The molecule has 2 rings (SSSR count). The van der Waals surface area contributed by atoms with E-state index in [4.69, 9.17) is 9.15 Å². The van der Waals surface area contributed by atoms with Gasteiger partial charge in [-0.05, 0) is 18.2 Å². The fourth-order valence-corrected chi connectivity index (χ4v) is 3.24. The molecule has 2 aromatic rings. The zero-order valence-electron chi connectivity index (χ0n) is 11.2. The maximum absolute atomic E-state index is 12.6. The summed E-state index contributed by atoms with van der Waals surface area (Å²) in [7, 11) is -1.99. The lowest BCUT2D eigenvalue weighted by Gasteiger charge is -2.21. The minimum atomic E-state index is -3.54. The van der Waals surface area contributed by atoms with E-state index in [1.807, 2.05) is 0 Å². The molecule has 5 nitrogen and oxygen atoms in total. The van der Waals surface area contributed by atoms with Crippen molar-refractivity contribution < 1.29 is 17.6 Å². The number of ether oxygens (including phenoxy) is 1. The molecule has 0 bridgehead atoms. The van der Waals surface area contributed by atoms with Crippen LogP contribution in [0.25, 0.3) is 0 Å². The van der Waals surface area contributed by atoms with Gasteiger partial charge in [0.2, 0.25) is 10.0 Å². The van der Waals surface area contributed by atoms with Gasteiger partial charge in [0.1, 0.15) is 0 Å². The SMILES string of the molecule is COCCN(Cc1ccoc1)S(=O)(=O)c1ccccc1. The van der Waals surface area contributed by atoms with E-state index in [0.717, 1.165) is 5.56 Å². The van der Waals surface area contributed by atoms with Gasteiger partial charge in [0, 0.05) is 25.8 Å². The molecule has 0 amide bonds. The molecule has 0 saturated carbocycles. The van der Waals surface area contributed by atoms with Gasteiger partial charge in [0.15, 0.2) is 0 Å². The van der Waals surface area contributed by atoms with Gasteiger partial charge in [-0.3, -0.25) is 0 Å². The van der Waals surface area contributed by atoms with Crippen LogP contribution in [0.4, 0.5) is 0 Å². The highest BCUT2D eigenvalue weighted by molar-refractivity contribution is 7.89. The largest absolute Gasteiger partial charge is 0.472 e. The molecule has 0 atom stereocenters. The van der Waals surface area contributed by atoms with Crippen LogP contribution in [-0.4, -0.2) is 33.0 Å². The number of methoxy groups -OCH3 is 1. The van der Waals surface area contributed by atoms with Gasteiger partial charge in [-0.1, -0.05) is 18.2 Å². The van der Waals surface area contributed by atoms with E-state index in [1.54, 1.807) is 49.8 Å². The van der Waals surface area contributed by atoms with Crippen molar-refractivity contribution in [2.75, 3.05) is 20.3 Å². The third-order valence-corrected chi connectivity index (χ3v) is 4.72. The van der Waals surface area contributed by atoms with Crippen LogP contribution in [0.15, 0.2) is 58.2 Å². The van der Waals surface area contributed by atoms with Crippen LogP contribution in [-0.2, 0) is 21.3 Å². The molecule has 0 fully saturated rings. The molecule has 1 heterocycles. The Hall–Kier alpha value is -1.63. The lowest BCUT2D eigenvalue weighted by atomic mass is 10.3. The Morgan fingerprint density at radius 2 is 1.95 bits per heavy atom. The second-order valence-electron chi connectivity index (χ2n) is 4.28. The van der Waals surface area contributed by atoms with Gasteiger partial charge >= 0.3 is 0 Å². The second kappa shape index (κ2) is 6.69. The van der Waals surface area contributed by atoms with Crippen LogP contribution in [0.2, 0.25) is 0 Å². The molecular formula is C14H17NO4S. The van der Waals surface area contributed by atoms with Crippen LogP contribution in [0, 0.1) is 0 Å². The number of furan rings is 1. The van der Waals surface area contributed by atoms with E-state index in [1.165, 1.54) is 10.6 Å². The molecule has 0 spiro atoms. The molecule has 20 heavy (non-hydrogen) atoms. The summed E-state index contributed by atoms with van der Waals surface area (Å²) in [6.07, 6.45) is 3.07. The van der Waals surface area contributed by atoms with Crippen molar-refractivity contribution in [2.45, 2.75) is 11.4 Å². The number of sulfonamides is 1. The zero-order valence-corrected chi connectivity index (χ0v) is 12.0. The van der Waals surface area contributed by atoms with Crippen molar-refractivity contribution >= 4 is 10.0 Å². The third kappa shape index (κ3) is 3.47. The minimum Gasteiger partial charge on any atom is -0.472 e. The van der Waals surface area contributed by atoms with Gasteiger partial charge in [0.05, 0.1) is 24.0 Å². The van der Waals surface area contributed by atoms with E-state index >= 15 is 0 Å². The first kappa shape index (κ1) is 14.8. The molecular weight excluding hydrogens is 278 g/mol. The Kier molecular flexibility index (Phi) is 4.94. The lowest BCUT2D eigenvalue weighted by Crippen LogP contribution is -2.33. The predicted octanol–water partition coefficient (Wildman–Crippen LogP) is 2.12. The summed E-state index contributed by atoms with van der Waals surface area (Å²) in [4.78, 5) is 0.277. The maximum atomic E-state index is 12.6. The molecule has 6 heteroatoms. The number of benzene rings is 1. The molecule has 0 N–H and O–H groups in total. The first-order chi connectivity index (χ1) is 9.64. The summed E-state index contributed by atoms with van der Waals surface area (Å²) in [5.41, 5.74) is 0.806. The lowest BCUT2D eigenvalue weighted by molar-refractivity contribution is 0.177. The topological polar surface area (TPSA) is 59.8 Å². The maximum Gasteiger partial charge on any atom is 0.243 e. The van der Waals surface area contributed by atoms with Crippen molar-refractivity contribution in [1.82, 2.24) is 4.31 Å². The summed E-state index contributed by atoms with van der Waals surface area (Å²) in [5.74, 6) is 0. The molecule has 0 unspecified atom stereocenters. The normalized spacial score (nSPS) is 11.9. The molecule has 0 radical (unpaired) electrons. The number of nitrogens with zero attached hydrogens (tertiary/aromatic N) is 1. The highest BCUT2D eigenvalue weighted by Gasteiger charge is 2.24. The van der Waals surface area contributed by atoms with Crippen LogP contribution in [0.1, 0.15) is 5.56 Å². The first-order valence-electron chi connectivity index (χ1n) is 6.20. The Morgan fingerprint density at radius 3 is 2.55 bits per heavy atom. The van der Waals surface area contributed by atoms with Crippen LogP contribution >= 0.6 is 0 Å². The smallest absolute Gasteiger partial charge is 0.243 e. The van der Waals surface area contributed by atoms with Crippen molar-refractivity contribution in [3.63, 3.8) is 0 Å². The van der Waals surface area contributed by atoms with Crippen molar-refractivity contribution in [2.24, 2.45) is 0 Å². The molecule has 1 aromatic heterocycles. The Balaban J connectivity index is 2.25. The fourth-order valence-electron chi connectivity index (χ4n) is 1.81. The van der Waals surface area contributed by atoms with Crippen molar-refractivity contribution in [3.8, 4) is 0 Å². The Morgan fingerprint density at radius 1 is 1.20 bits per heavy atom. The quantitative estimate of drug-likeness (QED) is 0.785. The van der Waals surface area contributed by atoms with Crippen LogP contribution in [0.3, 0.4) is 0 Å². The van der Waals surface area contributed by atoms with Gasteiger partial charge in [0.25, 0.3) is 0 Å². The second-order valence-corrected chi connectivity index (χ2v) is 6.21. The Labute approximate surface area is 118 Å². The average molecular weight is 295 g/mol. The van der Waals surface area contributed by atoms with Gasteiger partial charge < -0.3 is 9.15 Å². The third-order valence-electron chi connectivity index (χ3n) is 2.86.